The smallest absolute Gasteiger partial charge is 0.184 e. The molecule has 1 aliphatic rings. The molecule has 0 amide bonds. The van der Waals surface area contributed by atoms with Crippen molar-refractivity contribution in [2.75, 3.05) is 6.79 Å². The van der Waals surface area contributed by atoms with E-state index in [1.807, 2.05) is 0 Å². The van der Waals surface area contributed by atoms with Crippen molar-refractivity contribution in [3.8, 4) is 0 Å². The maximum atomic E-state index is 9.41. The largest absolute Gasteiger partial charge is 0.364 e. The summed E-state index contributed by atoms with van der Waals surface area (Å²) in [6.45, 7) is 0.566. The van der Waals surface area contributed by atoms with E-state index in [1.165, 1.54) is 0 Å². The van der Waals surface area contributed by atoms with Crippen LogP contribution in [0, 0.1) is 0 Å². The highest BCUT2D eigenvalue weighted by atomic mass is 16.7. The summed E-state index contributed by atoms with van der Waals surface area (Å²) >= 11 is 0. The Bertz CT molecular complexity index is 277. The van der Waals surface area contributed by atoms with Crippen molar-refractivity contribution in [1.29, 1.82) is 0 Å². The fraction of sp³-hybridized carbons (Fsp3) is 0.375. The lowest BCUT2D eigenvalue weighted by molar-refractivity contribution is -0.167. The van der Waals surface area contributed by atoms with Crippen molar-refractivity contribution in [2.45, 2.75) is 12.9 Å². The van der Waals surface area contributed by atoms with Crippen molar-refractivity contribution in [3.63, 3.8) is 0 Å². The standard InChI is InChI=1S/C8H9NO3/c10-8-7-1-2-9-3-6(7)4-11-5-12-8/h1-3,8,10H,4-5H2. The molecule has 0 bridgehead atoms. The van der Waals surface area contributed by atoms with E-state index in [-0.39, 0.29) is 6.79 Å². The molecule has 64 valence electrons. The van der Waals surface area contributed by atoms with Crippen LogP contribution in [-0.2, 0) is 16.1 Å². The minimum atomic E-state index is -0.884. The summed E-state index contributed by atoms with van der Waals surface area (Å²) in [5, 5.41) is 9.41. The molecule has 1 aromatic heterocycles. The zero-order chi connectivity index (χ0) is 8.39. The number of nitrogens with zero attached hydrogens (tertiary/aromatic N) is 1. The SMILES string of the molecule is OC1OCOCc2cnccc21. The highest BCUT2D eigenvalue weighted by Crippen LogP contribution is 2.21. The van der Waals surface area contributed by atoms with Gasteiger partial charge >= 0.3 is 0 Å². The summed E-state index contributed by atoms with van der Waals surface area (Å²) in [6, 6.07) is 1.73. The maximum Gasteiger partial charge on any atom is 0.184 e. The number of rotatable bonds is 0. The van der Waals surface area contributed by atoms with Crippen LogP contribution in [0.1, 0.15) is 17.4 Å². The highest BCUT2D eigenvalue weighted by Gasteiger charge is 2.15. The minimum Gasteiger partial charge on any atom is -0.364 e. The number of ether oxygens (including phenoxy) is 2. The summed E-state index contributed by atoms with van der Waals surface area (Å²) in [7, 11) is 0. The Morgan fingerprint density at radius 2 is 2.50 bits per heavy atom. The van der Waals surface area contributed by atoms with Gasteiger partial charge in [-0.2, -0.15) is 0 Å². The topological polar surface area (TPSA) is 51.6 Å². The normalized spacial score (nSPS) is 22.9. The Labute approximate surface area is 69.8 Å². The molecular weight excluding hydrogens is 158 g/mol. The quantitative estimate of drug-likeness (QED) is 0.614. The molecule has 0 fully saturated rings. The Kier molecular flexibility index (Phi) is 2.03. The fourth-order valence-corrected chi connectivity index (χ4v) is 1.15. The molecule has 0 aliphatic carbocycles. The van der Waals surface area contributed by atoms with E-state index >= 15 is 0 Å². The summed E-state index contributed by atoms with van der Waals surface area (Å²) in [6.07, 6.45) is 2.41. The molecule has 12 heavy (non-hydrogen) atoms. The third kappa shape index (κ3) is 1.32. The van der Waals surface area contributed by atoms with E-state index in [9.17, 15) is 5.11 Å². The lowest BCUT2D eigenvalue weighted by Crippen LogP contribution is -2.02. The highest BCUT2D eigenvalue weighted by molar-refractivity contribution is 5.23. The first-order valence-electron chi connectivity index (χ1n) is 3.68. The zero-order valence-corrected chi connectivity index (χ0v) is 6.43. The van der Waals surface area contributed by atoms with Crippen LogP contribution in [0.15, 0.2) is 18.5 Å². The van der Waals surface area contributed by atoms with Crippen LogP contribution in [0.3, 0.4) is 0 Å². The molecule has 2 rings (SSSR count). The van der Waals surface area contributed by atoms with E-state index in [1.54, 1.807) is 18.5 Å². The Balaban J connectivity index is 2.39. The summed E-state index contributed by atoms with van der Waals surface area (Å²) < 4.78 is 10.0. The number of fused-ring (bicyclic) bond motifs is 1. The van der Waals surface area contributed by atoms with Gasteiger partial charge in [-0.1, -0.05) is 0 Å². The van der Waals surface area contributed by atoms with E-state index in [4.69, 9.17) is 9.47 Å². The Hall–Kier alpha value is -0.970. The summed E-state index contributed by atoms with van der Waals surface area (Å²) in [5.74, 6) is 0. The predicted molar refractivity (Wildman–Crippen MR) is 39.9 cm³/mol. The molecule has 1 aromatic rings. The molecule has 2 heterocycles. The van der Waals surface area contributed by atoms with Gasteiger partial charge in [0.2, 0.25) is 0 Å². The second-order valence-electron chi connectivity index (χ2n) is 2.56. The average molecular weight is 167 g/mol. The molecule has 4 heteroatoms. The molecule has 1 aliphatic heterocycles. The molecule has 0 aromatic carbocycles. The Morgan fingerprint density at radius 3 is 3.42 bits per heavy atom. The summed E-state index contributed by atoms with van der Waals surface area (Å²) in [4.78, 5) is 3.93. The third-order valence-corrected chi connectivity index (χ3v) is 1.77. The second kappa shape index (κ2) is 3.18. The van der Waals surface area contributed by atoms with Gasteiger partial charge in [-0.25, -0.2) is 0 Å². The van der Waals surface area contributed by atoms with Crippen molar-refractivity contribution in [2.24, 2.45) is 0 Å². The Morgan fingerprint density at radius 1 is 1.58 bits per heavy atom. The first-order valence-corrected chi connectivity index (χ1v) is 3.68. The van der Waals surface area contributed by atoms with E-state index < -0.39 is 6.29 Å². The van der Waals surface area contributed by atoms with Gasteiger partial charge in [-0.3, -0.25) is 4.98 Å². The van der Waals surface area contributed by atoms with Crippen LogP contribution < -0.4 is 0 Å². The van der Waals surface area contributed by atoms with Gasteiger partial charge in [0.25, 0.3) is 0 Å². The average Bonchev–Trinajstić information content (AvgIpc) is 2.29. The van der Waals surface area contributed by atoms with Crippen LogP contribution in [0.25, 0.3) is 0 Å². The van der Waals surface area contributed by atoms with Crippen molar-refractivity contribution < 1.29 is 14.6 Å². The molecule has 1 unspecified atom stereocenters. The molecular formula is C8H9NO3. The second-order valence-corrected chi connectivity index (χ2v) is 2.56. The minimum absolute atomic E-state index is 0.121. The first-order chi connectivity index (χ1) is 5.88. The first kappa shape index (κ1) is 7.67. The number of hydrogen-bond acceptors (Lipinski definition) is 4. The van der Waals surface area contributed by atoms with Gasteiger partial charge in [0, 0.05) is 23.5 Å². The van der Waals surface area contributed by atoms with Crippen LogP contribution in [0.4, 0.5) is 0 Å². The van der Waals surface area contributed by atoms with Gasteiger partial charge in [0.15, 0.2) is 13.1 Å². The van der Waals surface area contributed by atoms with Gasteiger partial charge in [-0.15, -0.1) is 0 Å². The molecule has 0 saturated carbocycles. The van der Waals surface area contributed by atoms with Crippen LogP contribution in [0.2, 0.25) is 0 Å². The molecule has 4 nitrogen and oxygen atoms in total. The molecule has 0 saturated heterocycles. The number of aromatic nitrogens is 1. The number of aliphatic hydroxyl groups is 1. The number of hydrogen-bond donors (Lipinski definition) is 1. The van der Waals surface area contributed by atoms with Crippen LogP contribution in [0.5, 0.6) is 0 Å². The summed E-state index contributed by atoms with van der Waals surface area (Å²) in [5.41, 5.74) is 1.62. The monoisotopic (exact) mass is 167 g/mol. The zero-order valence-electron chi connectivity index (χ0n) is 6.43. The van der Waals surface area contributed by atoms with Crippen molar-refractivity contribution in [1.82, 2.24) is 4.98 Å². The number of aliphatic hydroxyl groups excluding tert-OH is 1. The van der Waals surface area contributed by atoms with Gasteiger partial charge in [0.1, 0.15) is 0 Å². The molecule has 1 N–H and O–H groups in total. The van der Waals surface area contributed by atoms with E-state index in [2.05, 4.69) is 4.98 Å². The van der Waals surface area contributed by atoms with E-state index in [0.29, 0.717) is 6.61 Å². The lowest BCUT2D eigenvalue weighted by atomic mass is 10.1. The van der Waals surface area contributed by atoms with Gasteiger partial charge in [0.05, 0.1) is 6.61 Å². The van der Waals surface area contributed by atoms with Gasteiger partial charge in [-0.05, 0) is 6.07 Å². The molecule has 0 radical (unpaired) electrons. The lowest BCUT2D eigenvalue weighted by Gasteiger charge is -2.08. The maximum absolute atomic E-state index is 9.41. The van der Waals surface area contributed by atoms with Crippen LogP contribution >= 0.6 is 0 Å². The van der Waals surface area contributed by atoms with E-state index in [0.717, 1.165) is 11.1 Å². The van der Waals surface area contributed by atoms with Crippen LogP contribution in [-0.4, -0.2) is 16.9 Å². The third-order valence-electron chi connectivity index (χ3n) is 1.77. The van der Waals surface area contributed by atoms with Gasteiger partial charge < -0.3 is 14.6 Å². The number of pyridine rings is 1. The fourth-order valence-electron chi connectivity index (χ4n) is 1.15. The predicted octanol–water partition coefficient (Wildman–Crippen LogP) is 0.577. The van der Waals surface area contributed by atoms with Crippen molar-refractivity contribution >= 4 is 0 Å². The molecule has 0 spiro atoms. The molecule has 1 atom stereocenters. The van der Waals surface area contributed by atoms with Crippen molar-refractivity contribution in [3.05, 3.63) is 29.6 Å².